The topological polar surface area (TPSA) is 156 Å². The number of aryl methyl sites for hydroxylation is 2. The zero-order valence-electron chi connectivity index (χ0n) is 28.5. The van der Waals surface area contributed by atoms with Gasteiger partial charge in [-0.15, -0.1) is 0 Å². The van der Waals surface area contributed by atoms with E-state index in [0.717, 1.165) is 25.3 Å². The number of anilines is 1. The van der Waals surface area contributed by atoms with Crippen molar-refractivity contribution in [1.82, 2.24) is 20.3 Å². The number of pyridine rings is 1. The number of amides is 2. The van der Waals surface area contributed by atoms with Gasteiger partial charge in [0.2, 0.25) is 0 Å². The Labute approximate surface area is 291 Å². The summed E-state index contributed by atoms with van der Waals surface area (Å²) in [5.74, 6) is -1.74. The fourth-order valence-electron chi connectivity index (χ4n) is 7.35. The lowest BCUT2D eigenvalue weighted by Gasteiger charge is -2.39. The molecule has 3 aromatic rings. The number of piperidine rings is 1. The molecule has 2 saturated carbocycles. The van der Waals surface area contributed by atoms with Gasteiger partial charge < -0.3 is 25.8 Å². The smallest absolute Gasteiger partial charge is 0.376 e. The Kier molecular flexibility index (Phi) is 8.64. The first kappa shape index (κ1) is 34.9. The lowest BCUT2D eigenvalue weighted by atomic mass is 9.67. The molecule has 4 heterocycles. The highest BCUT2D eigenvalue weighted by Gasteiger charge is 2.48. The summed E-state index contributed by atoms with van der Waals surface area (Å²) in [6, 6.07) is 5.51. The van der Waals surface area contributed by atoms with Crippen molar-refractivity contribution in [3.63, 3.8) is 0 Å². The highest BCUT2D eigenvalue weighted by Crippen LogP contribution is 2.46. The maximum Gasteiger partial charge on any atom is 0.433 e. The SMILES string of the molecule is Cc1nc(C(O)C(N)=O)nc(C)c1-c1cc(F)c(COC2CC2)c(N2CCC3(CC2)N=C(c2ccc(C(F)(F)F)nc2C2(C)CCC2)NC3=O)c1. The molecule has 3 fully saturated rings. The van der Waals surface area contributed by atoms with E-state index in [1.807, 2.05) is 17.9 Å². The van der Waals surface area contributed by atoms with Crippen LogP contribution < -0.4 is 16.0 Å². The number of carbonyl (C=O) groups excluding carboxylic acids is 2. The molecule has 2 aliphatic carbocycles. The number of nitrogens with two attached hydrogens (primary N) is 1. The minimum absolute atomic E-state index is 0.0528. The van der Waals surface area contributed by atoms with Crippen molar-refractivity contribution in [2.75, 3.05) is 18.0 Å². The van der Waals surface area contributed by atoms with Crippen molar-refractivity contribution in [3.05, 3.63) is 69.8 Å². The van der Waals surface area contributed by atoms with Crippen molar-refractivity contribution in [1.29, 1.82) is 0 Å². The summed E-state index contributed by atoms with van der Waals surface area (Å²) >= 11 is 0. The molecule has 7 rings (SSSR count). The molecule has 2 aromatic heterocycles. The van der Waals surface area contributed by atoms with E-state index in [4.69, 9.17) is 15.5 Å². The lowest BCUT2D eigenvalue weighted by Crippen LogP contribution is -2.49. The summed E-state index contributed by atoms with van der Waals surface area (Å²) in [7, 11) is 0. The van der Waals surface area contributed by atoms with Crippen molar-refractivity contribution >= 4 is 23.3 Å². The predicted molar refractivity (Wildman–Crippen MR) is 178 cm³/mol. The standard InChI is InChI=1S/C36H39F4N7O4/c1-18-27(19(2)43-32(42-18)28(48)30(41)49)20-15-24(37)23(17-51-21-5-6-21)25(16-20)47-13-11-35(12-14-47)33(50)45-31(46-35)22-7-8-26(36(38,39)40)44-29(22)34(3)9-4-10-34/h7-8,15-16,21,28,48H,4-6,9-14,17H2,1-3H3,(H2,41,49)(H,45,46,50). The molecular weight excluding hydrogens is 670 g/mol. The van der Waals surface area contributed by atoms with Crippen LogP contribution in [0.1, 0.15) is 97.7 Å². The third kappa shape index (κ3) is 6.45. The zero-order chi connectivity index (χ0) is 36.5. The number of ether oxygens (including phenoxy) is 1. The van der Waals surface area contributed by atoms with Crippen LogP contribution in [0, 0.1) is 19.7 Å². The van der Waals surface area contributed by atoms with E-state index in [-0.39, 0.29) is 48.8 Å². The van der Waals surface area contributed by atoms with Gasteiger partial charge in [-0.05, 0) is 82.2 Å². The van der Waals surface area contributed by atoms with E-state index in [1.165, 1.54) is 12.1 Å². The summed E-state index contributed by atoms with van der Waals surface area (Å²) in [5, 5.41) is 13.0. The fourth-order valence-corrected chi connectivity index (χ4v) is 7.35. The van der Waals surface area contributed by atoms with Gasteiger partial charge in [0.25, 0.3) is 11.8 Å². The highest BCUT2D eigenvalue weighted by atomic mass is 19.4. The predicted octanol–water partition coefficient (Wildman–Crippen LogP) is 4.87. The Hall–Kier alpha value is -4.50. The first-order valence-corrected chi connectivity index (χ1v) is 17.1. The van der Waals surface area contributed by atoms with E-state index < -0.39 is 40.7 Å². The lowest BCUT2D eigenvalue weighted by molar-refractivity contribution is -0.141. The molecule has 1 saturated heterocycles. The molecule has 1 spiro atoms. The van der Waals surface area contributed by atoms with Crippen LogP contribution in [0.25, 0.3) is 11.1 Å². The van der Waals surface area contributed by atoms with E-state index in [2.05, 4.69) is 20.3 Å². The van der Waals surface area contributed by atoms with E-state index in [9.17, 15) is 27.9 Å². The molecule has 270 valence electrons. The number of carbonyl (C=O) groups is 2. The number of halogens is 4. The van der Waals surface area contributed by atoms with Gasteiger partial charge in [-0.2, -0.15) is 13.2 Å². The number of hydrogen-bond acceptors (Lipinski definition) is 9. The fraction of sp³-hybridized carbons (Fsp3) is 0.500. The third-order valence-electron chi connectivity index (χ3n) is 10.6. The first-order chi connectivity index (χ1) is 24.1. The van der Waals surface area contributed by atoms with Gasteiger partial charge in [-0.1, -0.05) is 13.3 Å². The molecule has 1 atom stereocenters. The number of aliphatic imine (C=N–C) groups is 1. The number of aliphatic hydroxyl groups excluding tert-OH is 1. The maximum absolute atomic E-state index is 16.1. The van der Waals surface area contributed by atoms with Crippen LogP contribution in [0.2, 0.25) is 0 Å². The molecule has 4 N–H and O–H groups in total. The Morgan fingerprint density at radius 2 is 1.76 bits per heavy atom. The average Bonchev–Trinajstić information content (AvgIpc) is 3.84. The van der Waals surface area contributed by atoms with Crippen molar-refractivity contribution < 1.29 is 37.0 Å². The molecule has 1 aromatic carbocycles. The van der Waals surface area contributed by atoms with Crippen LogP contribution >= 0.6 is 0 Å². The van der Waals surface area contributed by atoms with E-state index in [0.29, 0.717) is 65.3 Å². The highest BCUT2D eigenvalue weighted by molar-refractivity contribution is 6.16. The minimum atomic E-state index is -4.61. The van der Waals surface area contributed by atoms with Gasteiger partial charge in [0.15, 0.2) is 11.9 Å². The van der Waals surface area contributed by atoms with Crippen LogP contribution in [-0.2, 0) is 32.5 Å². The van der Waals surface area contributed by atoms with Crippen LogP contribution in [0.5, 0.6) is 0 Å². The molecule has 15 heteroatoms. The van der Waals surface area contributed by atoms with Crippen LogP contribution in [-0.4, -0.2) is 62.4 Å². The number of amidine groups is 1. The summed E-state index contributed by atoms with van der Waals surface area (Å²) in [6.45, 7) is 5.95. The summed E-state index contributed by atoms with van der Waals surface area (Å²) < 4.78 is 63.0. The second kappa shape index (κ2) is 12.6. The van der Waals surface area contributed by atoms with Gasteiger partial charge in [0.05, 0.1) is 18.4 Å². The second-order valence-corrected chi connectivity index (χ2v) is 14.3. The molecule has 1 unspecified atom stereocenters. The molecule has 0 radical (unpaired) electrons. The van der Waals surface area contributed by atoms with E-state index in [1.54, 1.807) is 13.8 Å². The number of alkyl halides is 3. The summed E-state index contributed by atoms with van der Waals surface area (Å²) in [5.41, 5.74) is 6.05. The molecule has 4 aliphatic rings. The van der Waals surface area contributed by atoms with Gasteiger partial charge in [0.1, 0.15) is 22.9 Å². The Balaban J connectivity index is 1.20. The zero-order valence-corrected chi connectivity index (χ0v) is 28.5. The molecule has 2 aliphatic heterocycles. The van der Waals surface area contributed by atoms with E-state index >= 15 is 4.39 Å². The number of hydrogen-bond donors (Lipinski definition) is 3. The monoisotopic (exact) mass is 709 g/mol. The molecule has 51 heavy (non-hydrogen) atoms. The summed E-state index contributed by atoms with van der Waals surface area (Å²) in [6.07, 6.45) is -1.61. The van der Waals surface area contributed by atoms with Crippen LogP contribution in [0.4, 0.5) is 23.2 Å². The Bertz CT molecular complexity index is 1930. The quantitative estimate of drug-likeness (QED) is 0.266. The molecule has 11 nitrogen and oxygen atoms in total. The van der Waals surface area contributed by atoms with Crippen molar-refractivity contribution in [2.24, 2.45) is 10.7 Å². The Morgan fingerprint density at radius 1 is 1.10 bits per heavy atom. The number of aromatic nitrogens is 3. The normalized spacial score (nSPS) is 20.2. The number of aliphatic hydroxyl groups is 1. The number of nitrogens with zero attached hydrogens (tertiary/aromatic N) is 5. The Morgan fingerprint density at radius 3 is 2.33 bits per heavy atom. The maximum atomic E-state index is 16.1. The van der Waals surface area contributed by atoms with Crippen LogP contribution in [0.15, 0.2) is 29.3 Å². The van der Waals surface area contributed by atoms with Crippen molar-refractivity contribution in [3.8, 4) is 11.1 Å². The summed E-state index contributed by atoms with van der Waals surface area (Å²) in [4.78, 5) is 44.6. The van der Waals surface area contributed by atoms with Crippen molar-refractivity contribution in [2.45, 2.75) is 102 Å². The van der Waals surface area contributed by atoms with Gasteiger partial charge >= 0.3 is 6.18 Å². The number of rotatable bonds is 9. The second-order valence-electron chi connectivity index (χ2n) is 14.3. The van der Waals surface area contributed by atoms with Gasteiger partial charge in [-0.3, -0.25) is 14.6 Å². The van der Waals surface area contributed by atoms with Gasteiger partial charge in [0, 0.05) is 52.3 Å². The minimum Gasteiger partial charge on any atom is -0.376 e. The van der Waals surface area contributed by atoms with Crippen LogP contribution in [0.3, 0.4) is 0 Å². The number of benzene rings is 1. The number of nitrogens with one attached hydrogen (secondary N) is 1. The average molecular weight is 710 g/mol. The van der Waals surface area contributed by atoms with Gasteiger partial charge in [-0.25, -0.2) is 19.3 Å². The molecular formula is C36H39F4N7O4. The largest absolute Gasteiger partial charge is 0.433 e. The molecule has 2 amide bonds. The number of primary amides is 1. The molecule has 0 bridgehead atoms. The third-order valence-corrected chi connectivity index (χ3v) is 10.6. The first-order valence-electron chi connectivity index (χ1n) is 17.1.